The number of rotatable bonds is 2. The van der Waals surface area contributed by atoms with Gasteiger partial charge in [0.15, 0.2) is 6.17 Å². The molecular weight excluding hydrogens is 280 g/mol. The number of benzene rings is 1. The van der Waals surface area contributed by atoms with Crippen LogP contribution in [0.1, 0.15) is 16.7 Å². The molecule has 2 atom stereocenters. The van der Waals surface area contributed by atoms with Crippen molar-refractivity contribution in [1.82, 2.24) is 10.4 Å². The van der Waals surface area contributed by atoms with E-state index in [2.05, 4.69) is 22.6 Å². The zero-order valence-electron chi connectivity index (χ0n) is 12.4. The molecule has 1 aromatic carbocycles. The van der Waals surface area contributed by atoms with Gasteiger partial charge in [0.05, 0.1) is 11.8 Å². The van der Waals surface area contributed by atoms with E-state index in [9.17, 15) is 15.2 Å². The minimum atomic E-state index is -1.08. The van der Waals surface area contributed by atoms with E-state index < -0.39 is 12.1 Å². The monoisotopic (exact) mass is 296 g/mol. The van der Waals surface area contributed by atoms with Crippen molar-refractivity contribution in [2.75, 3.05) is 6.54 Å². The van der Waals surface area contributed by atoms with Gasteiger partial charge in [0, 0.05) is 12.1 Å². The number of nitrogens with zero attached hydrogens (tertiary/aromatic N) is 3. The lowest BCUT2D eigenvalue weighted by Crippen LogP contribution is -2.40. The Hall–Kier alpha value is -2.65. The molecule has 0 radical (unpaired) electrons. The largest absolute Gasteiger partial charge is 0.477 e. The molecule has 0 bridgehead atoms. The van der Waals surface area contributed by atoms with Crippen LogP contribution >= 0.6 is 0 Å². The van der Waals surface area contributed by atoms with Gasteiger partial charge in [-0.25, -0.2) is 15.2 Å². The quantitative estimate of drug-likeness (QED) is 0.862. The van der Waals surface area contributed by atoms with E-state index in [1.165, 1.54) is 0 Å². The zero-order chi connectivity index (χ0) is 15.9. The fraction of sp³-hybridized carbons (Fsp3) is 0.312. The third kappa shape index (κ3) is 2.26. The van der Waals surface area contributed by atoms with Crippen LogP contribution in [-0.4, -0.2) is 34.5 Å². The summed E-state index contributed by atoms with van der Waals surface area (Å²) >= 11 is 0. The van der Waals surface area contributed by atoms with Crippen molar-refractivity contribution >= 4 is 17.4 Å². The van der Waals surface area contributed by atoms with Crippen LogP contribution in [0.15, 0.2) is 29.3 Å². The van der Waals surface area contributed by atoms with E-state index in [0.717, 1.165) is 22.4 Å². The molecule has 22 heavy (non-hydrogen) atoms. The average molecular weight is 296 g/mol. The second kappa shape index (κ2) is 5.28. The molecule has 0 aromatic heterocycles. The second-order valence-electron chi connectivity index (χ2n) is 5.55. The summed E-state index contributed by atoms with van der Waals surface area (Å²) in [5.74, 6) is -1.45. The molecule has 0 saturated carbocycles. The van der Waals surface area contributed by atoms with Crippen molar-refractivity contribution in [3.63, 3.8) is 0 Å². The highest BCUT2D eigenvalue weighted by Gasteiger charge is 2.39. The summed E-state index contributed by atoms with van der Waals surface area (Å²) < 4.78 is 0. The number of nitriles is 1. The summed E-state index contributed by atoms with van der Waals surface area (Å²) in [6.07, 6.45) is 1.06. The van der Waals surface area contributed by atoms with Crippen LogP contribution in [0.25, 0.3) is 5.70 Å². The van der Waals surface area contributed by atoms with Gasteiger partial charge < -0.3 is 5.11 Å². The Balaban J connectivity index is 2.11. The SMILES string of the molecule is Cc1ccc(C2=CC(C(=O)O)=NC3C(C#N)CNN23)c(C)c1. The first-order valence-corrected chi connectivity index (χ1v) is 7.04. The number of carboxylic acids is 1. The molecule has 2 N–H and O–H groups in total. The van der Waals surface area contributed by atoms with Gasteiger partial charge in [0.2, 0.25) is 0 Å². The summed E-state index contributed by atoms with van der Waals surface area (Å²) in [6.45, 7) is 4.46. The molecule has 2 unspecified atom stereocenters. The third-order valence-electron chi connectivity index (χ3n) is 3.95. The van der Waals surface area contributed by atoms with E-state index in [1.807, 2.05) is 26.0 Å². The number of hydrogen-bond donors (Lipinski definition) is 2. The van der Waals surface area contributed by atoms with Crippen molar-refractivity contribution in [1.29, 1.82) is 5.26 Å². The standard InChI is InChI=1S/C16H16N4O2/c1-9-3-4-12(10(2)5-9)14-6-13(16(21)22)19-15-11(7-17)8-18-20(14)15/h3-6,11,15,18H,8H2,1-2H3,(H,21,22). The first-order valence-electron chi connectivity index (χ1n) is 7.04. The van der Waals surface area contributed by atoms with Crippen LogP contribution in [0.4, 0.5) is 0 Å². The van der Waals surface area contributed by atoms with Crippen molar-refractivity contribution in [3.8, 4) is 6.07 Å². The molecule has 6 heteroatoms. The number of aryl methyl sites for hydroxylation is 2. The Bertz CT molecular complexity index is 745. The van der Waals surface area contributed by atoms with E-state index in [0.29, 0.717) is 6.54 Å². The molecule has 0 aliphatic carbocycles. The molecule has 6 nitrogen and oxygen atoms in total. The molecule has 2 aliphatic heterocycles. The molecule has 1 saturated heterocycles. The summed E-state index contributed by atoms with van der Waals surface area (Å²) in [7, 11) is 0. The van der Waals surface area contributed by atoms with Gasteiger partial charge in [-0.2, -0.15) is 5.26 Å². The van der Waals surface area contributed by atoms with E-state index in [-0.39, 0.29) is 11.6 Å². The minimum Gasteiger partial charge on any atom is -0.477 e. The molecule has 2 heterocycles. The summed E-state index contributed by atoms with van der Waals surface area (Å²) in [5, 5.41) is 20.3. The van der Waals surface area contributed by atoms with Crippen LogP contribution < -0.4 is 5.43 Å². The lowest BCUT2D eigenvalue weighted by molar-refractivity contribution is -0.129. The summed E-state index contributed by atoms with van der Waals surface area (Å²) in [4.78, 5) is 15.6. The number of hydrogen-bond acceptors (Lipinski definition) is 5. The number of carboxylic acid groups (broad SMARTS) is 1. The van der Waals surface area contributed by atoms with Gasteiger partial charge in [0.1, 0.15) is 11.6 Å². The van der Waals surface area contributed by atoms with E-state index in [1.54, 1.807) is 11.1 Å². The average Bonchev–Trinajstić information content (AvgIpc) is 2.89. The molecule has 0 amide bonds. The maximum Gasteiger partial charge on any atom is 0.354 e. The molecule has 1 fully saturated rings. The first kappa shape index (κ1) is 14.3. The lowest BCUT2D eigenvalue weighted by Gasteiger charge is -2.31. The van der Waals surface area contributed by atoms with Gasteiger partial charge in [-0.1, -0.05) is 23.8 Å². The Labute approximate surface area is 128 Å². The lowest BCUT2D eigenvalue weighted by atomic mass is 9.99. The molecule has 112 valence electrons. The van der Waals surface area contributed by atoms with Crippen LogP contribution in [0.2, 0.25) is 0 Å². The summed E-state index contributed by atoms with van der Waals surface area (Å²) in [5.41, 5.74) is 7.02. The van der Waals surface area contributed by atoms with Gasteiger partial charge in [0.25, 0.3) is 0 Å². The Kier molecular flexibility index (Phi) is 3.43. The van der Waals surface area contributed by atoms with Gasteiger partial charge >= 0.3 is 5.97 Å². The number of nitrogens with one attached hydrogen (secondary N) is 1. The van der Waals surface area contributed by atoms with Gasteiger partial charge in [-0.3, -0.25) is 5.01 Å². The van der Waals surface area contributed by atoms with Crippen molar-refractivity contribution in [2.45, 2.75) is 20.0 Å². The number of carbonyl (C=O) groups is 1. The molecule has 3 rings (SSSR count). The van der Waals surface area contributed by atoms with Crippen molar-refractivity contribution in [3.05, 3.63) is 41.0 Å². The van der Waals surface area contributed by atoms with E-state index >= 15 is 0 Å². The van der Waals surface area contributed by atoms with Crippen LogP contribution in [0.3, 0.4) is 0 Å². The van der Waals surface area contributed by atoms with Crippen LogP contribution in [0, 0.1) is 31.1 Å². The summed E-state index contributed by atoms with van der Waals surface area (Å²) in [6, 6.07) is 8.20. The second-order valence-corrected chi connectivity index (χ2v) is 5.55. The highest BCUT2D eigenvalue weighted by molar-refractivity contribution is 6.41. The molecule has 2 aliphatic rings. The molecule has 1 aromatic rings. The van der Waals surface area contributed by atoms with Crippen LogP contribution in [-0.2, 0) is 4.79 Å². The minimum absolute atomic E-state index is 0.0137. The Morgan fingerprint density at radius 1 is 1.50 bits per heavy atom. The van der Waals surface area contributed by atoms with Crippen LogP contribution in [0.5, 0.6) is 0 Å². The highest BCUT2D eigenvalue weighted by Crippen LogP contribution is 2.32. The first-order chi connectivity index (χ1) is 10.5. The number of aliphatic carboxylic acids is 1. The number of aliphatic imine (C=N–C) groups is 1. The van der Waals surface area contributed by atoms with Gasteiger partial charge in [-0.15, -0.1) is 0 Å². The fourth-order valence-electron chi connectivity index (χ4n) is 2.87. The Morgan fingerprint density at radius 3 is 2.91 bits per heavy atom. The maximum atomic E-state index is 11.4. The molecular formula is C16H16N4O2. The fourth-order valence-corrected chi connectivity index (χ4v) is 2.87. The van der Waals surface area contributed by atoms with Gasteiger partial charge in [-0.05, 0) is 25.5 Å². The number of hydrazine groups is 1. The van der Waals surface area contributed by atoms with Crippen molar-refractivity contribution < 1.29 is 9.90 Å². The zero-order valence-corrected chi connectivity index (χ0v) is 12.4. The predicted octanol–water partition coefficient (Wildman–Crippen LogP) is 1.47. The predicted molar refractivity (Wildman–Crippen MR) is 81.7 cm³/mol. The smallest absolute Gasteiger partial charge is 0.354 e. The van der Waals surface area contributed by atoms with Crippen molar-refractivity contribution in [2.24, 2.45) is 10.9 Å². The Morgan fingerprint density at radius 2 is 2.27 bits per heavy atom. The maximum absolute atomic E-state index is 11.4. The topological polar surface area (TPSA) is 88.7 Å². The highest BCUT2D eigenvalue weighted by atomic mass is 16.4. The molecule has 0 spiro atoms. The van der Waals surface area contributed by atoms with E-state index in [4.69, 9.17) is 0 Å². The third-order valence-corrected chi connectivity index (χ3v) is 3.95. The number of fused-ring (bicyclic) bond motifs is 1. The normalized spacial score (nSPS) is 23.4.